The molecule has 1 aliphatic carbocycles. The maximum atomic E-state index is 6.95. The van der Waals surface area contributed by atoms with E-state index in [9.17, 15) is 0 Å². The summed E-state index contributed by atoms with van der Waals surface area (Å²) in [4.78, 5) is 10.3. The van der Waals surface area contributed by atoms with Crippen molar-refractivity contribution in [2.45, 2.75) is 5.41 Å². The van der Waals surface area contributed by atoms with Crippen molar-refractivity contribution in [3.8, 4) is 56.3 Å². The predicted octanol–water partition coefficient (Wildman–Crippen LogP) is 13.4. The van der Waals surface area contributed by atoms with Crippen LogP contribution in [0.2, 0.25) is 0 Å². The topological polar surface area (TPSA) is 35.0 Å². The fraction of sp³-hybridized carbons (Fsp3) is 0.0189. The molecule has 0 amide bonds. The Labute approximate surface area is 324 Å². The lowest BCUT2D eigenvalue weighted by atomic mass is 9.65. The van der Waals surface area contributed by atoms with Gasteiger partial charge < -0.3 is 4.74 Å². The van der Waals surface area contributed by atoms with Gasteiger partial charge in [0.25, 0.3) is 0 Å². The number of aromatic nitrogens is 2. The highest BCUT2D eigenvalue weighted by Crippen LogP contribution is 2.63. The Bertz CT molecular complexity index is 3120. The highest BCUT2D eigenvalue weighted by atomic mass is 16.5. The molecule has 260 valence electrons. The Morgan fingerprint density at radius 2 is 0.804 bits per heavy atom. The molecule has 3 nitrogen and oxygen atoms in total. The summed E-state index contributed by atoms with van der Waals surface area (Å²) < 4.78 is 6.95. The molecule has 1 aliphatic heterocycles. The van der Waals surface area contributed by atoms with Gasteiger partial charge in [0.15, 0.2) is 0 Å². The van der Waals surface area contributed by atoms with E-state index in [2.05, 4.69) is 188 Å². The highest BCUT2D eigenvalue weighted by molar-refractivity contribution is 5.93. The molecule has 1 spiro atoms. The smallest absolute Gasteiger partial charge is 0.132 e. The Morgan fingerprint density at radius 3 is 1.52 bits per heavy atom. The molecule has 12 rings (SSSR count). The quantitative estimate of drug-likeness (QED) is 0.183. The van der Waals surface area contributed by atoms with Gasteiger partial charge in [-0.25, -0.2) is 9.97 Å². The van der Waals surface area contributed by atoms with E-state index in [4.69, 9.17) is 14.7 Å². The summed E-state index contributed by atoms with van der Waals surface area (Å²) in [5.41, 5.74) is 14.7. The zero-order valence-electron chi connectivity index (χ0n) is 30.3. The largest absolute Gasteiger partial charge is 0.457 e. The second kappa shape index (κ2) is 11.8. The minimum atomic E-state index is -0.693. The highest BCUT2D eigenvalue weighted by Gasteiger charge is 2.51. The van der Waals surface area contributed by atoms with E-state index in [-0.39, 0.29) is 0 Å². The van der Waals surface area contributed by atoms with Crippen molar-refractivity contribution in [2.24, 2.45) is 0 Å². The van der Waals surface area contributed by atoms with Crippen LogP contribution >= 0.6 is 0 Å². The van der Waals surface area contributed by atoms with Crippen molar-refractivity contribution in [1.29, 1.82) is 0 Å². The summed E-state index contributed by atoms with van der Waals surface area (Å²) in [6, 6.07) is 69.7. The zero-order valence-corrected chi connectivity index (χ0v) is 30.3. The second-order valence-electron chi connectivity index (χ2n) is 14.9. The lowest BCUT2D eigenvalue weighted by Crippen LogP contribution is -2.32. The molecule has 0 saturated carbocycles. The normalized spacial score (nSPS) is 15.0. The van der Waals surface area contributed by atoms with Gasteiger partial charge in [-0.3, -0.25) is 0 Å². The molecule has 0 saturated heterocycles. The van der Waals surface area contributed by atoms with Crippen molar-refractivity contribution in [3.05, 3.63) is 216 Å². The number of hydrogen-bond donors (Lipinski definition) is 0. The van der Waals surface area contributed by atoms with Crippen LogP contribution in [0.4, 0.5) is 0 Å². The number of nitrogens with zero attached hydrogens (tertiary/aromatic N) is 2. The van der Waals surface area contributed by atoms with Gasteiger partial charge in [-0.2, -0.15) is 0 Å². The lowest BCUT2D eigenvalue weighted by molar-refractivity contribution is 0.436. The molecule has 1 atom stereocenters. The third-order valence-electron chi connectivity index (χ3n) is 11.9. The molecule has 1 unspecified atom stereocenters. The van der Waals surface area contributed by atoms with Crippen LogP contribution in [0.3, 0.4) is 0 Å². The van der Waals surface area contributed by atoms with Crippen LogP contribution in [-0.2, 0) is 5.41 Å². The number of rotatable bonds is 3. The first-order valence-electron chi connectivity index (χ1n) is 19.1. The first kappa shape index (κ1) is 31.0. The molecule has 8 aromatic carbocycles. The second-order valence-corrected chi connectivity index (χ2v) is 14.9. The van der Waals surface area contributed by atoms with Gasteiger partial charge in [0.1, 0.15) is 11.5 Å². The fourth-order valence-corrected chi connectivity index (χ4v) is 9.27. The maximum Gasteiger partial charge on any atom is 0.132 e. The first-order valence-corrected chi connectivity index (χ1v) is 19.1. The maximum absolute atomic E-state index is 6.95. The molecule has 56 heavy (non-hydrogen) atoms. The van der Waals surface area contributed by atoms with E-state index >= 15 is 0 Å². The Hall–Kier alpha value is -7.36. The summed E-state index contributed by atoms with van der Waals surface area (Å²) in [7, 11) is 0. The first-order chi connectivity index (χ1) is 27.7. The van der Waals surface area contributed by atoms with Crippen LogP contribution in [0.15, 0.2) is 194 Å². The van der Waals surface area contributed by atoms with Crippen molar-refractivity contribution >= 4 is 32.6 Å². The molecule has 10 aromatic rings. The van der Waals surface area contributed by atoms with E-state index in [1.54, 1.807) is 0 Å². The number of para-hydroxylation sites is 2. The number of ether oxygens (including phenoxy) is 1. The van der Waals surface area contributed by atoms with Crippen LogP contribution in [0.25, 0.3) is 77.3 Å². The van der Waals surface area contributed by atoms with Crippen LogP contribution in [0.1, 0.15) is 22.3 Å². The summed E-state index contributed by atoms with van der Waals surface area (Å²) >= 11 is 0. The van der Waals surface area contributed by atoms with Crippen molar-refractivity contribution in [2.75, 3.05) is 0 Å². The van der Waals surface area contributed by atoms with E-state index < -0.39 is 5.41 Å². The summed E-state index contributed by atoms with van der Waals surface area (Å²) in [6.45, 7) is 0. The van der Waals surface area contributed by atoms with Crippen LogP contribution in [-0.4, -0.2) is 9.97 Å². The van der Waals surface area contributed by atoms with Crippen molar-refractivity contribution in [3.63, 3.8) is 0 Å². The van der Waals surface area contributed by atoms with E-state index in [0.29, 0.717) is 0 Å². The molecular weight excluding hydrogens is 681 g/mol. The van der Waals surface area contributed by atoms with Gasteiger partial charge in [-0.05, 0) is 111 Å². The zero-order chi connectivity index (χ0) is 36.8. The minimum absolute atomic E-state index is 0.693. The lowest BCUT2D eigenvalue weighted by Gasteiger charge is -2.40. The number of pyridine rings is 2. The van der Waals surface area contributed by atoms with Gasteiger partial charge in [-0.1, -0.05) is 127 Å². The summed E-state index contributed by atoms with van der Waals surface area (Å²) in [6.07, 6.45) is 0. The van der Waals surface area contributed by atoms with Crippen molar-refractivity contribution in [1.82, 2.24) is 9.97 Å². The van der Waals surface area contributed by atoms with E-state index in [0.717, 1.165) is 72.5 Å². The Kier molecular flexibility index (Phi) is 6.55. The molecule has 3 heterocycles. The summed E-state index contributed by atoms with van der Waals surface area (Å²) in [5.74, 6) is 1.70. The monoisotopic (exact) mass is 712 g/mol. The molecule has 0 N–H and O–H groups in total. The molecule has 0 bridgehead atoms. The van der Waals surface area contributed by atoms with Crippen LogP contribution < -0.4 is 4.74 Å². The Balaban J connectivity index is 1.15. The van der Waals surface area contributed by atoms with Crippen LogP contribution in [0.5, 0.6) is 11.5 Å². The molecule has 0 fully saturated rings. The predicted molar refractivity (Wildman–Crippen MR) is 228 cm³/mol. The molecule has 0 radical (unpaired) electrons. The van der Waals surface area contributed by atoms with Crippen LogP contribution in [0, 0.1) is 0 Å². The Morgan fingerprint density at radius 1 is 0.321 bits per heavy atom. The van der Waals surface area contributed by atoms with E-state index in [1.165, 1.54) is 38.6 Å². The third-order valence-corrected chi connectivity index (χ3v) is 11.9. The fourth-order valence-electron chi connectivity index (χ4n) is 9.27. The van der Waals surface area contributed by atoms with E-state index in [1.807, 2.05) is 6.07 Å². The van der Waals surface area contributed by atoms with Gasteiger partial charge in [0, 0.05) is 33.0 Å². The average molecular weight is 713 g/mol. The average Bonchev–Trinajstić information content (AvgIpc) is 3.55. The molecule has 2 aliphatic rings. The van der Waals surface area contributed by atoms with Gasteiger partial charge in [-0.15, -0.1) is 0 Å². The molecule has 3 heteroatoms. The van der Waals surface area contributed by atoms with Crippen molar-refractivity contribution < 1.29 is 4.74 Å². The standard InChI is InChI=1S/C53H32N2O/c1-2-12-36-29-37(18-17-33(36)9-1)38-22-27-51-45(30-38)53(46-32-40(23-28-52(46)56-51)50-26-21-35-11-4-8-16-48(35)55-50)43-14-6-5-13-41(43)42-24-19-39(31-44(42)53)49-25-20-34-10-3-7-15-47(34)54-49/h1-32H. The number of benzene rings is 8. The third kappa shape index (κ3) is 4.52. The summed E-state index contributed by atoms with van der Waals surface area (Å²) in [5, 5.41) is 4.70. The molecule has 2 aromatic heterocycles. The number of fused-ring (bicyclic) bond motifs is 12. The SMILES string of the molecule is c1ccc2c(c1)-c1ccc(-c3ccc4ccccc4n3)cc1C21c2cc(-c3ccc4ccccc4c3)ccc2Oc2ccc(-c3ccc4ccccc4n3)cc21. The van der Waals surface area contributed by atoms with Gasteiger partial charge >= 0.3 is 0 Å². The number of hydrogen-bond acceptors (Lipinski definition) is 3. The molecular formula is C53H32N2O. The van der Waals surface area contributed by atoms with Gasteiger partial charge in [0.05, 0.1) is 27.8 Å². The minimum Gasteiger partial charge on any atom is -0.457 e. The van der Waals surface area contributed by atoms with Gasteiger partial charge in [0.2, 0.25) is 0 Å².